The number of piperidine rings is 1. The molecular formula is C17H23N5O2S. The molecule has 1 fully saturated rings. The molecule has 1 aliphatic rings. The Morgan fingerprint density at radius 2 is 2.32 bits per heavy atom. The SMILES string of the molecule is COc1cc(N2CCCC[C@@H]2C)nc(NC(=S)NCc2ccco2)n1. The molecule has 0 aromatic carbocycles. The van der Waals surface area contributed by atoms with Gasteiger partial charge in [0, 0.05) is 18.7 Å². The summed E-state index contributed by atoms with van der Waals surface area (Å²) in [6, 6.07) is 6.04. The summed E-state index contributed by atoms with van der Waals surface area (Å²) in [5, 5.41) is 6.53. The van der Waals surface area contributed by atoms with E-state index in [1.54, 1.807) is 13.4 Å². The molecule has 1 aliphatic heterocycles. The highest BCUT2D eigenvalue weighted by Gasteiger charge is 2.21. The third-order valence-corrected chi connectivity index (χ3v) is 4.47. The standard InChI is InChI=1S/C17H23N5O2S/c1-12-6-3-4-8-22(12)14-10-15(23-2)20-16(19-14)21-17(25)18-11-13-7-5-9-24-13/h5,7,9-10,12H,3-4,6,8,11H2,1-2H3,(H2,18,19,20,21,25)/t12-/m0/s1. The zero-order valence-electron chi connectivity index (χ0n) is 14.5. The van der Waals surface area contributed by atoms with Crippen molar-refractivity contribution in [1.82, 2.24) is 15.3 Å². The summed E-state index contributed by atoms with van der Waals surface area (Å²) >= 11 is 5.31. The van der Waals surface area contributed by atoms with E-state index in [0.717, 1.165) is 24.5 Å². The molecule has 0 spiro atoms. The summed E-state index contributed by atoms with van der Waals surface area (Å²) in [5.74, 6) is 2.59. The molecule has 0 amide bonds. The maximum Gasteiger partial charge on any atom is 0.234 e. The summed E-state index contributed by atoms with van der Waals surface area (Å²) in [7, 11) is 1.60. The minimum Gasteiger partial charge on any atom is -0.481 e. The van der Waals surface area contributed by atoms with E-state index in [4.69, 9.17) is 21.4 Å². The molecule has 0 saturated carbocycles. The minimum atomic E-state index is 0.420. The van der Waals surface area contributed by atoms with Crippen LogP contribution < -0.4 is 20.3 Å². The maximum absolute atomic E-state index is 5.33. The first-order valence-electron chi connectivity index (χ1n) is 8.42. The van der Waals surface area contributed by atoms with Crippen LogP contribution in [0.3, 0.4) is 0 Å². The molecule has 8 heteroatoms. The van der Waals surface area contributed by atoms with Crippen LogP contribution in [-0.2, 0) is 6.54 Å². The van der Waals surface area contributed by atoms with Crippen LogP contribution in [0, 0.1) is 0 Å². The Labute approximate surface area is 152 Å². The van der Waals surface area contributed by atoms with Gasteiger partial charge in [-0.15, -0.1) is 0 Å². The summed E-state index contributed by atoms with van der Waals surface area (Å²) in [6.45, 7) is 3.71. The lowest BCUT2D eigenvalue weighted by Gasteiger charge is -2.34. The van der Waals surface area contributed by atoms with Crippen LogP contribution in [0.4, 0.5) is 11.8 Å². The number of aromatic nitrogens is 2. The molecule has 2 aromatic rings. The monoisotopic (exact) mass is 361 g/mol. The highest BCUT2D eigenvalue weighted by molar-refractivity contribution is 7.80. The Morgan fingerprint density at radius 1 is 1.44 bits per heavy atom. The second kappa shape index (κ2) is 8.15. The predicted molar refractivity (Wildman–Crippen MR) is 101 cm³/mol. The van der Waals surface area contributed by atoms with Gasteiger partial charge in [-0.1, -0.05) is 0 Å². The number of methoxy groups -OCH3 is 1. The van der Waals surface area contributed by atoms with Crippen molar-refractivity contribution in [1.29, 1.82) is 0 Å². The Bertz CT molecular complexity index is 707. The van der Waals surface area contributed by atoms with Crippen molar-refractivity contribution in [2.75, 3.05) is 23.9 Å². The number of rotatable bonds is 5. The summed E-state index contributed by atoms with van der Waals surface area (Å²) in [4.78, 5) is 11.2. The third-order valence-electron chi connectivity index (χ3n) is 4.22. The van der Waals surface area contributed by atoms with Crippen LogP contribution in [0.25, 0.3) is 0 Å². The van der Waals surface area contributed by atoms with Crippen LogP contribution in [0.1, 0.15) is 31.9 Å². The van der Waals surface area contributed by atoms with Gasteiger partial charge in [0.1, 0.15) is 11.6 Å². The van der Waals surface area contributed by atoms with E-state index in [-0.39, 0.29) is 0 Å². The molecule has 0 unspecified atom stereocenters. The first kappa shape index (κ1) is 17.5. The number of nitrogens with zero attached hydrogens (tertiary/aromatic N) is 3. The van der Waals surface area contributed by atoms with Crippen LogP contribution in [-0.4, -0.2) is 34.8 Å². The fraction of sp³-hybridized carbons (Fsp3) is 0.471. The number of hydrogen-bond donors (Lipinski definition) is 2. The lowest BCUT2D eigenvalue weighted by molar-refractivity contribution is 0.396. The van der Waals surface area contributed by atoms with Crippen molar-refractivity contribution in [3.63, 3.8) is 0 Å². The Hall–Kier alpha value is -2.35. The number of nitrogens with one attached hydrogen (secondary N) is 2. The molecule has 3 heterocycles. The second-order valence-electron chi connectivity index (χ2n) is 6.02. The molecule has 0 radical (unpaired) electrons. The van der Waals surface area contributed by atoms with Gasteiger partial charge in [0.15, 0.2) is 5.11 Å². The van der Waals surface area contributed by atoms with Crippen molar-refractivity contribution in [3.8, 4) is 5.88 Å². The third kappa shape index (κ3) is 4.60. The smallest absolute Gasteiger partial charge is 0.234 e. The van der Waals surface area contributed by atoms with E-state index < -0.39 is 0 Å². The maximum atomic E-state index is 5.33. The van der Waals surface area contributed by atoms with Gasteiger partial charge in [-0.3, -0.25) is 0 Å². The highest BCUT2D eigenvalue weighted by atomic mass is 32.1. The van der Waals surface area contributed by atoms with Gasteiger partial charge in [0.05, 0.1) is 19.9 Å². The first-order chi connectivity index (χ1) is 12.2. The van der Waals surface area contributed by atoms with Gasteiger partial charge in [-0.05, 0) is 50.5 Å². The number of hydrogen-bond acceptors (Lipinski definition) is 6. The normalized spacial score (nSPS) is 17.2. The molecule has 2 N–H and O–H groups in total. The fourth-order valence-corrected chi connectivity index (χ4v) is 3.05. The van der Waals surface area contributed by atoms with Gasteiger partial charge < -0.3 is 24.7 Å². The molecule has 3 rings (SSSR count). The van der Waals surface area contributed by atoms with Crippen LogP contribution in [0.2, 0.25) is 0 Å². The molecule has 7 nitrogen and oxygen atoms in total. The van der Waals surface area contributed by atoms with E-state index in [1.807, 2.05) is 18.2 Å². The molecule has 0 bridgehead atoms. The van der Waals surface area contributed by atoms with Gasteiger partial charge in [0.2, 0.25) is 11.8 Å². The average Bonchev–Trinajstić information content (AvgIpc) is 3.13. The van der Waals surface area contributed by atoms with Crippen molar-refractivity contribution < 1.29 is 9.15 Å². The summed E-state index contributed by atoms with van der Waals surface area (Å²) in [5.41, 5.74) is 0. The Kier molecular flexibility index (Phi) is 5.70. The molecule has 0 aliphatic carbocycles. The number of ether oxygens (including phenoxy) is 1. The molecule has 1 atom stereocenters. The molecular weight excluding hydrogens is 338 g/mol. The van der Waals surface area contributed by atoms with Crippen LogP contribution in [0.5, 0.6) is 5.88 Å². The van der Waals surface area contributed by atoms with Gasteiger partial charge in [0.25, 0.3) is 0 Å². The van der Waals surface area contributed by atoms with Crippen LogP contribution >= 0.6 is 12.2 Å². The number of thiocarbonyl (C=S) groups is 1. The van der Waals surface area contributed by atoms with E-state index in [9.17, 15) is 0 Å². The zero-order valence-corrected chi connectivity index (χ0v) is 15.3. The van der Waals surface area contributed by atoms with Crippen molar-refractivity contribution in [2.45, 2.75) is 38.8 Å². The predicted octanol–water partition coefficient (Wildman–Crippen LogP) is 2.94. The second-order valence-corrected chi connectivity index (χ2v) is 6.43. The average molecular weight is 361 g/mol. The molecule has 134 valence electrons. The minimum absolute atomic E-state index is 0.420. The summed E-state index contributed by atoms with van der Waals surface area (Å²) < 4.78 is 10.6. The van der Waals surface area contributed by atoms with Crippen molar-refractivity contribution in [2.24, 2.45) is 0 Å². The van der Waals surface area contributed by atoms with E-state index >= 15 is 0 Å². The highest BCUT2D eigenvalue weighted by Crippen LogP contribution is 2.26. The zero-order chi connectivity index (χ0) is 17.6. The lowest BCUT2D eigenvalue weighted by Crippen LogP contribution is -2.38. The van der Waals surface area contributed by atoms with Gasteiger partial charge >= 0.3 is 0 Å². The largest absolute Gasteiger partial charge is 0.481 e. The van der Waals surface area contributed by atoms with Crippen molar-refractivity contribution >= 4 is 29.1 Å². The summed E-state index contributed by atoms with van der Waals surface area (Å²) in [6.07, 6.45) is 5.22. The Balaban J connectivity index is 1.69. The van der Waals surface area contributed by atoms with Gasteiger partial charge in [-0.25, -0.2) is 0 Å². The quantitative estimate of drug-likeness (QED) is 0.788. The van der Waals surface area contributed by atoms with E-state index in [2.05, 4.69) is 32.4 Å². The number of furan rings is 1. The van der Waals surface area contributed by atoms with Crippen molar-refractivity contribution in [3.05, 3.63) is 30.2 Å². The number of anilines is 2. The van der Waals surface area contributed by atoms with Crippen LogP contribution in [0.15, 0.2) is 28.9 Å². The Morgan fingerprint density at radius 3 is 3.04 bits per heavy atom. The van der Waals surface area contributed by atoms with E-state index in [0.29, 0.717) is 29.5 Å². The molecule has 25 heavy (non-hydrogen) atoms. The van der Waals surface area contributed by atoms with E-state index in [1.165, 1.54) is 12.8 Å². The molecule has 1 saturated heterocycles. The molecule has 2 aromatic heterocycles. The topological polar surface area (TPSA) is 75.5 Å². The fourth-order valence-electron chi connectivity index (χ4n) is 2.89. The lowest BCUT2D eigenvalue weighted by atomic mass is 10.0. The first-order valence-corrected chi connectivity index (χ1v) is 8.83. The van der Waals surface area contributed by atoms with Gasteiger partial charge in [-0.2, -0.15) is 9.97 Å².